The van der Waals surface area contributed by atoms with E-state index in [0.717, 1.165) is 0 Å². The van der Waals surface area contributed by atoms with Crippen molar-refractivity contribution in [1.29, 1.82) is 0 Å². The van der Waals surface area contributed by atoms with Gasteiger partial charge in [-0.15, -0.1) is 0 Å². The van der Waals surface area contributed by atoms with Crippen LogP contribution in [0.4, 0.5) is 0 Å². The van der Waals surface area contributed by atoms with Gasteiger partial charge in [0.25, 0.3) is 5.91 Å². The van der Waals surface area contributed by atoms with Crippen molar-refractivity contribution in [2.24, 2.45) is 0 Å². The minimum Gasteiger partial charge on any atom is -0.507 e. The summed E-state index contributed by atoms with van der Waals surface area (Å²) in [6, 6.07) is 3.97. The average Bonchev–Trinajstić information content (AvgIpc) is 2.81. The first kappa shape index (κ1) is 12.4. The molecule has 1 unspecified atom stereocenters. The molecule has 2 aromatic rings. The molecule has 0 spiro atoms. The van der Waals surface area contributed by atoms with E-state index < -0.39 is 5.91 Å². The molecule has 7 heteroatoms. The van der Waals surface area contributed by atoms with Crippen LogP contribution in [0, 0.1) is 0 Å². The Hall–Kier alpha value is -2.08. The Morgan fingerprint density at radius 3 is 2.94 bits per heavy atom. The quantitative estimate of drug-likeness (QED) is 0.788. The van der Waals surface area contributed by atoms with E-state index in [0.29, 0.717) is 10.8 Å². The molecule has 1 amide bonds. The van der Waals surface area contributed by atoms with E-state index in [4.69, 9.17) is 11.6 Å². The lowest BCUT2D eigenvalue weighted by atomic mass is 10.1. The van der Waals surface area contributed by atoms with Crippen molar-refractivity contribution in [3.63, 3.8) is 0 Å². The number of hydrogen-bond donors (Lipinski definition) is 3. The van der Waals surface area contributed by atoms with Gasteiger partial charge in [-0.05, 0) is 25.1 Å². The Kier molecular flexibility index (Phi) is 3.47. The number of amides is 1. The van der Waals surface area contributed by atoms with Gasteiger partial charge in [-0.3, -0.25) is 9.89 Å². The third-order valence-electron chi connectivity index (χ3n) is 2.40. The molecule has 0 saturated carbocycles. The van der Waals surface area contributed by atoms with Gasteiger partial charge in [0.15, 0.2) is 0 Å². The van der Waals surface area contributed by atoms with Gasteiger partial charge >= 0.3 is 0 Å². The number of rotatable bonds is 3. The van der Waals surface area contributed by atoms with Crippen LogP contribution in [0.1, 0.15) is 29.1 Å². The maximum absolute atomic E-state index is 11.9. The monoisotopic (exact) mass is 266 g/mol. The molecule has 1 aromatic carbocycles. The van der Waals surface area contributed by atoms with Crippen LogP contribution in [0.2, 0.25) is 5.02 Å². The minimum absolute atomic E-state index is 0.158. The van der Waals surface area contributed by atoms with Gasteiger partial charge in [-0.25, -0.2) is 4.98 Å². The molecule has 0 saturated heterocycles. The highest BCUT2D eigenvalue weighted by atomic mass is 35.5. The number of phenolic OH excluding ortho intramolecular Hbond substituents is 1. The van der Waals surface area contributed by atoms with E-state index in [-0.39, 0.29) is 17.4 Å². The Labute approximate surface area is 108 Å². The SMILES string of the molecule is CC(NC(=O)c1ccc(Cl)cc1O)c1ncn[nH]1. The summed E-state index contributed by atoms with van der Waals surface area (Å²) in [6.07, 6.45) is 1.36. The number of benzene rings is 1. The van der Waals surface area contributed by atoms with Crippen LogP contribution in [0.15, 0.2) is 24.5 Å². The highest BCUT2D eigenvalue weighted by Gasteiger charge is 2.16. The van der Waals surface area contributed by atoms with Crippen molar-refractivity contribution in [2.45, 2.75) is 13.0 Å². The Morgan fingerprint density at radius 2 is 2.33 bits per heavy atom. The van der Waals surface area contributed by atoms with Crippen molar-refractivity contribution >= 4 is 17.5 Å². The second-order valence-corrected chi connectivity index (χ2v) is 4.16. The van der Waals surface area contributed by atoms with Crippen molar-refractivity contribution in [1.82, 2.24) is 20.5 Å². The summed E-state index contributed by atoms with van der Waals surface area (Å²) in [5.41, 5.74) is 0.158. The number of aromatic hydroxyl groups is 1. The first-order chi connectivity index (χ1) is 8.58. The van der Waals surface area contributed by atoms with E-state index in [1.54, 1.807) is 6.92 Å². The number of aromatic amines is 1. The first-order valence-electron chi connectivity index (χ1n) is 5.22. The van der Waals surface area contributed by atoms with Crippen molar-refractivity contribution in [2.75, 3.05) is 0 Å². The number of nitrogens with one attached hydrogen (secondary N) is 2. The lowest BCUT2D eigenvalue weighted by molar-refractivity contribution is 0.0935. The fraction of sp³-hybridized carbons (Fsp3) is 0.182. The zero-order valence-electron chi connectivity index (χ0n) is 9.51. The van der Waals surface area contributed by atoms with Gasteiger partial charge in [0.2, 0.25) is 0 Å². The summed E-state index contributed by atoms with van der Waals surface area (Å²) < 4.78 is 0. The number of phenols is 1. The van der Waals surface area contributed by atoms with Crippen molar-refractivity contribution in [3.05, 3.63) is 40.9 Å². The largest absolute Gasteiger partial charge is 0.507 e. The third-order valence-corrected chi connectivity index (χ3v) is 2.63. The summed E-state index contributed by atoms with van der Waals surface area (Å²) in [5, 5.41) is 19.0. The highest BCUT2D eigenvalue weighted by molar-refractivity contribution is 6.30. The van der Waals surface area contributed by atoms with E-state index in [2.05, 4.69) is 20.5 Å². The molecule has 2 rings (SSSR count). The fourth-order valence-electron chi connectivity index (χ4n) is 1.46. The first-order valence-corrected chi connectivity index (χ1v) is 5.60. The maximum Gasteiger partial charge on any atom is 0.255 e. The van der Waals surface area contributed by atoms with Gasteiger partial charge in [0.05, 0.1) is 11.6 Å². The smallest absolute Gasteiger partial charge is 0.255 e. The summed E-state index contributed by atoms with van der Waals surface area (Å²) >= 11 is 5.69. The Morgan fingerprint density at radius 1 is 1.56 bits per heavy atom. The molecule has 1 aromatic heterocycles. The van der Waals surface area contributed by atoms with Gasteiger partial charge < -0.3 is 10.4 Å². The van der Waals surface area contributed by atoms with E-state index >= 15 is 0 Å². The summed E-state index contributed by atoms with van der Waals surface area (Å²) in [5.74, 6) is -0.0327. The minimum atomic E-state index is -0.409. The van der Waals surface area contributed by atoms with Crippen LogP contribution in [0.5, 0.6) is 5.75 Å². The number of halogens is 1. The number of aromatic nitrogens is 3. The predicted molar refractivity (Wildman–Crippen MR) is 65.4 cm³/mol. The molecule has 1 heterocycles. The zero-order chi connectivity index (χ0) is 13.1. The number of carbonyl (C=O) groups excluding carboxylic acids is 1. The van der Waals surface area contributed by atoms with Crippen molar-refractivity contribution in [3.8, 4) is 5.75 Å². The summed E-state index contributed by atoms with van der Waals surface area (Å²) in [4.78, 5) is 15.8. The molecular formula is C11H11ClN4O2. The second-order valence-electron chi connectivity index (χ2n) is 3.73. The van der Waals surface area contributed by atoms with Crippen LogP contribution in [-0.4, -0.2) is 26.2 Å². The van der Waals surface area contributed by atoms with Crippen LogP contribution in [0.25, 0.3) is 0 Å². The lowest BCUT2D eigenvalue weighted by Gasteiger charge is -2.11. The number of H-pyrrole nitrogens is 1. The van der Waals surface area contributed by atoms with Crippen molar-refractivity contribution < 1.29 is 9.90 Å². The highest BCUT2D eigenvalue weighted by Crippen LogP contribution is 2.22. The normalized spacial score (nSPS) is 12.1. The molecule has 18 heavy (non-hydrogen) atoms. The maximum atomic E-state index is 11.9. The molecule has 0 radical (unpaired) electrons. The van der Waals surface area contributed by atoms with Gasteiger partial charge in [0.1, 0.15) is 17.9 Å². The predicted octanol–water partition coefficient (Wildman–Crippen LogP) is 1.65. The average molecular weight is 267 g/mol. The van der Waals surface area contributed by atoms with Crippen LogP contribution < -0.4 is 5.32 Å². The Balaban J connectivity index is 2.12. The van der Waals surface area contributed by atoms with Gasteiger partial charge in [0, 0.05) is 5.02 Å². The number of carbonyl (C=O) groups is 1. The second kappa shape index (κ2) is 5.05. The molecule has 0 bridgehead atoms. The standard InChI is InChI=1S/C11H11ClN4O2/c1-6(10-13-5-14-16-10)15-11(18)8-3-2-7(12)4-9(8)17/h2-6,17H,1H3,(H,15,18)(H,13,14,16). The van der Waals surface area contributed by atoms with Crippen LogP contribution in [0.3, 0.4) is 0 Å². The van der Waals surface area contributed by atoms with E-state index in [1.807, 2.05) is 0 Å². The topological polar surface area (TPSA) is 90.9 Å². The summed E-state index contributed by atoms with van der Waals surface area (Å²) in [7, 11) is 0. The van der Waals surface area contributed by atoms with Gasteiger partial charge in [-0.1, -0.05) is 11.6 Å². The fourth-order valence-corrected chi connectivity index (χ4v) is 1.63. The number of hydrogen-bond acceptors (Lipinski definition) is 4. The molecule has 0 aliphatic carbocycles. The molecule has 6 nitrogen and oxygen atoms in total. The molecule has 0 aliphatic heterocycles. The van der Waals surface area contributed by atoms with Crippen LogP contribution >= 0.6 is 11.6 Å². The molecule has 0 fully saturated rings. The molecule has 1 atom stereocenters. The summed E-state index contributed by atoms with van der Waals surface area (Å²) in [6.45, 7) is 1.76. The van der Waals surface area contributed by atoms with Crippen LogP contribution in [-0.2, 0) is 0 Å². The van der Waals surface area contributed by atoms with Gasteiger partial charge in [-0.2, -0.15) is 5.10 Å². The lowest BCUT2D eigenvalue weighted by Crippen LogP contribution is -2.27. The third kappa shape index (κ3) is 2.60. The molecule has 3 N–H and O–H groups in total. The Bertz CT molecular complexity index is 556. The molecule has 0 aliphatic rings. The molecule has 94 valence electrons. The van der Waals surface area contributed by atoms with E-state index in [9.17, 15) is 9.90 Å². The van der Waals surface area contributed by atoms with E-state index in [1.165, 1.54) is 24.5 Å². The zero-order valence-corrected chi connectivity index (χ0v) is 10.3. The molecular weight excluding hydrogens is 256 g/mol. The number of nitrogens with zero attached hydrogens (tertiary/aromatic N) is 2.